The van der Waals surface area contributed by atoms with E-state index < -0.39 is 29.3 Å². The van der Waals surface area contributed by atoms with Crippen LogP contribution in [0.25, 0.3) is 0 Å². The predicted octanol–water partition coefficient (Wildman–Crippen LogP) is 1.71. The van der Waals surface area contributed by atoms with Crippen molar-refractivity contribution in [1.29, 1.82) is 0 Å². The summed E-state index contributed by atoms with van der Waals surface area (Å²) in [4.78, 5) is 24.2. The van der Waals surface area contributed by atoms with E-state index in [1.165, 1.54) is 12.3 Å². The molecule has 2 atom stereocenters. The van der Waals surface area contributed by atoms with Crippen molar-refractivity contribution in [2.75, 3.05) is 23.5 Å². The molecular formula is C13H17ClN2O4S. The SMILES string of the molecule is CC(CS(C)=O)NC(=O)N(CC(=O)O)c1cccc(Cl)c1. The van der Waals surface area contributed by atoms with Crippen LogP contribution in [0.15, 0.2) is 24.3 Å². The number of halogens is 1. The largest absolute Gasteiger partial charge is 0.480 e. The Morgan fingerprint density at radius 2 is 2.14 bits per heavy atom. The molecule has 0 fully saturated rings. The molecule has 0 spiro atoms. The fraction of sp³-hybridized carbons (Fsp3) is 0.385. The maximum absolute atomic E-state index is 12.2. The van der Waals surface area contributed by atoms with E-state index in [4.69, 9.17) is 16.7 Å². The molecule has 0 aliphatic rings. The number of amides is 2. The number of rotatable bonds is 6. The standard InChI is InChI=1S/C13H17ClN2O4S/c1-9(8-21(2)20)15-13(19)16(7-12(17)18)11-5-3-4-10(14)6-11/h3-6,9H,7-8H2,1-2H3,(H,15,19)(H,17,18). The summed E-state index contributed by atoms with van der Waals surface area (Å²) >= 11 is 5.86. The number of hydrogen-bond donors (Lipinski definition) is 2. The van der Waals surface area contributed by atoms with Crippen molar-refractivity contribution in [3.8, 4) is 0 Å². The van der Waals surface area contributed by atoms with Gasteiger partial charge in [0.05, 0.1) is 0 Å². The summed E-state index contributed by atoms with van der Waals surface area (Å²) in [7, 11) is -1.05. The number of nitrogens with one attached hydrogen (secondary N) is 1. The first-order valence-corrected chi connectivity index (χ1v) is 8.25. The molecule has 116 valence electrons. The number of hydrogen-bond acceptors (Lipinski definition) is 3. The number of aliphatic carboxylic acids is 1. The molecule has 0 saturated carbocycles. The summed E-state index contributed by atoms with van der Waals surface area (Å²) < 4.78 is 11.1. The summed E-state index contributed by atoms with van der Waals surface area (Å²) in [5.74, 6) is -0.848. The van der Waals surface area contributed by atoms with Crippen molar-refractivity contribution >= 4 is 40.1 Å². The van der Waals surface area contributed by atoms with Gasteiger partial charge >= 0.3 is 12.0 Å². The highest BCUT2D eigenvalue weighted by Gasteiger charge is 2.20. The predicted molar refractivity (Wildman–Crippen MR) is 83.4 cm³/mol. The van der Waals surface area contributed by atoms with E-state index >= 15 is 0 Å². The summed E-state index contributed by atoms with van der Waals surface area (Å²) in [6, 6.07) is 5.45. The summed E-state index contributed by atoms with van der Waals surface area (Å²) in [6.07, 6.45) is 1.54. The van der Waals surface area contributed by atoms with E-state index in [9.17, 15) is 13.8 Å². The number of carbonyl (C=O) groups is 2. The number of carboxylic acid groups (broad SMARTS) is 1. The van der Waals surface area contributed by atoms with Gasteiger partial charge in [-0.05, 0) is 25.1 Å². The molecule has 0 saturated heterocycles. The first-order valence-electron chi connectivity index (χ1n) is 6.15. The van der Waals surface area contributed by atoms with Crippen LogP contribution in [0.2, 0.25) is 5.02 Å². The normalized spacial score (nSPS) is 13.3. The molecule has 0 aromatic heterocycles. The first kappa shape index (κ1) is 17.5. The highest BCUT2D eigenvalue weighted by molar-refractivity contribution is 7.84. The lowest BCUT2D eigenvalue weighted by Gasteiger charge is -2.23. The molecule has 2 unspecified atom stereocenters. The van der Waals surface area contributed by atoms with Gasteiger partial charge < -0.3 is 10.4 Å². The number of carboxylic acids is 1. The second-order valence-corrected chi connectivity index (χ2v) is 6.47. The Balaban J connectivity index is 2.89. The molecule has 2 amide bonds. The van der Waals surface area contributed by atoms with Crippen molar-refractivity contribution in [1.82, 2.24) is 5.32 Å². The lowest BCUT2D eigenvalue weighted by atomic mass is 10.3. The average molecular weight is 333 g/mol. The van der Waals surface area contributed by atoms with Gasteiger partial charge in [-0.15, -0.1) is 0 Å². The lowest BCUT2D eigenvalue weighted by Crippen LogP contribution is -2.47. The molecule has 21 heavy (non-hydrogen) atoms. The molecule has 8 heteroatoms. The molecule has 6 nitrogen and oxygen atoms in total. The fourth-order valence-corrected chi connectivity index (χ4v) is 2.71. The van der Waals surface area contributed by atoms with Gasteiger partial charge in [0.25, 0.3) is 0 Å². The molecule has 1 aromatic rings. The molecule has 0 aliphatic carbocycles. The van der Waals surface area contributed by atoms with Crippen LogP contribution in [0, 0.1) is 0 Å². The Labute approximate surface area is 130 Å². The van der Waals surface area contributed by atoms with Gasteiger partial charge in [-0.25, -0.2) is 4.79 Å². The average Bonchev–Trinajstić information content (AvgIpc) is 2.34. The Morgan fingerprint density at radius 1 is 1.48 bits per heavy atom. The van der Waals surface area contributed by atoms with Gasteiger partial charge in [0.15, 0.2) is 0 Å². The van der Waals surface area contributed by atoms with Gasteiger partial charge in [0.1, 0.15) is 6.54 Å². The van der Waals surface area contributed by atoms with Crippen LogP contribution in [0.1, 0.15) is 6.92 Å². The monoisotopic (exact) mass is 332 g/mol. The van der Waals surface area contributed by atoms with Crippen LogP contribution in [0.3, 0.4) is 0 Å². The zero-order chi connectivity index (χ0) is 16.0. The molecule has 2 N–H and O–H groups in total. The molecular weight excluding hydrogens is 316 g/mol. The van der Waals surface area contributed by atoms with E-state index in [1.807, 2.05) is 0 Å². The van der Waals surface area contributed by atoms with Gasteiger partial charge in [0.2, 0.25) is 0 Å². The van der Waals surface area contributed by atoms with E-state index in [0.717, 1.165) is 4.90 Å². The van der Waals surface area contributed by atoms with Crippen molar-refractivity contribution in [2.45, 2.75) is 13.0 Å². The van der Waals surface area contributed by atoms with Crippen LogP contribution in [0.5, 0.6) is 0 Å². The van der Waals surface area contributed by atoms with Gasteiger partial charge in [0, 0.05) is 39.6 Å². The number of carbonyl (C=O) groups excluding carboxylic acids is 1. The topological polar surface area (TPSA) is 86.7 Å². The van der Waals surface area contributed by atoms with Gasteiger partial charge in [-0.2, -0.15) is 0 Å². The third-order valence-corrected chi connectivity index (χ3v) is 3.72. The molecule has 0 heterocycles. The minimum absolute atomic E-state index is 0.294. The number of nitrogens with zero attached hydrogens (tertiary/aromatic N) is 1. The zero-order valence-electron chi connectivity index (χ0n) is 11.7. The Bertz CT molecular complexity index is 553. The van der Waals surface area contributed by atoms with Crippen LogP contribution in [-0.4, -0.2) is 45.9 Å². The van der Waals surface area contributed by atoms with Crippen LogP contribution < -0.4 is 10.2 Å². The summed E-state index contributed by atoms with van der Waals surface area (Å²) in [6.45, 7) is 1.21. The molecule has 0 radical (unpaired) electrons. The highest BCUT2D eigenvalue weighted by atomic mass is 35.5. The third kappa shape index (κ3) is 6.14. The molecule has 0 bridgehead atoms. The second kappa shape index (κ2) is 7.99. The van der Waals surface area contributed by atoms with Crippen LogP contribution >= 0.6 is 11.6 Å². The van der Waals surface area contributed by atoms with Crippen molar-refractivity contribution < 1.29 is 18.9 Å². The van der Waals surface area contributed by atoms with Crippen molar-refractivity contribution in [2.24, 2.45) is 0 Å². The quantitative estimate of drug-likeness (QED) is 0.830. The second-order valence-electron chi connectivity index (χ2n) is 4.55. The molecule has 0 aliphatic heterocycles. The lowest BCUT2D eigenvalue weighted by molar-refractivity contribution is -0.135. The van der Waals surface area contributed by atoms with Crippen LogP contribution in [-0.2, 0) is 15.6 Å². The van der Waals surface area contributed by atoms with E-state index in [2.05, 4.69) is 5.32 Å². The number of anilines is 1. The minimum Gasteiger partial charge on any atom is -0.480 e. The van der Waals surface area contributed by atoms with Crippen LogP contribution in [0.4, 0.5) is 10.5 Å². The third-order valence-electron chi connectivity index (χ3n) is 2.51. The fourth-order valence-electron chi connectivity index (χ4n) is 1.74. The summed E-state index contributed by atoms with van der Waals surface area (Å²) in [5, 5.41) is 12.0. The maximum Gasteiger partial charge on any atom is 0.323 e. The Kier molecular flexibility index (Phi) is 6.64. The first-order chi connectivity index (χ1) is 9.79. The Morgan fingerprint density at radius 3 is 2.67 bits per heavy atom. The Hall–Kier alpha value is -1.60. The highest BCUT2D eigenvalue weighted by Crippen LogP contribution is 2.19. The van der Waals surface area contributed by atoms with E-state index in [-0.39, 0.29) is 6.04 Å². The molecule has 1 rings (SSSR count). The summed E-state index contributed by atoms with van der Waals surface area (Å²) in [5.41, 5.74) is 0.382. The smallest absolute Gasteiger partial charge is 0.323 e. The van der Waals surface area contributed by atoms with Crippen molar-refractivity contribution in [3.05, 3.63) is 29.3 Å². The van der Waals surface area contributed by atoms with E-state index in [1.54, 1.807) is 25.1 Å². The van der Waals surface area contributed by atoms with Crippen molar-refractivity contribution in [3.63, 3.8) is 0 Å². The van der Waals surface area contributed by atoms with E-state index in [0.29, 0.717) is 16.5 Å². The van der Waals surface area contributed by atoms with Gasteiger partial charge in [-0.1, -0.05) is 17.7 Å². The molecule has 1 aromatic carbocycles. The number of benzene rings is 1. The maximum atomic E-state index is 12.2. The van der Waals surface area contributed by atoms with Gasteiger partial charge in [-0.3, -0.25) is 13.9 Å². The zero-order valence-corrected chi connectivity index (χ0v) is 13.3. The minimum atomic E-state index is -1.14. The number of urea groups is 1.